The Balaban J connectivity index is 2.04. The first-order chi connectivity index (χ1) is 12.6. The summed E-state index contributed by atoms with van der Waals surface area (Å²) < 4.78 is 0. The van der Waals surface area contributed by atoms with Gasteiger partial charge in [-0.1, -0.05) is 48.5 Å². The molecule has 1 aliphatic rings. The lowest BCUT2D eigenvalue weighted by Crippen LogP contribution is -2.21. The van der Waals surface area contributed by atoms with Gasteiger partial charge in [0.15, 0.2) is 0 Å². The van der Waals surface area contributed by atoms with Gasteiger partial charge < -0.3 is 4.90 Å². The molecule has 3 aromatic rings. The monoisotopic (exact) mass is 343 g/mol. The standard InChI is InChI=1S/C21H17N3O2/c1-13-16-17(21(26)23-20(16)25)19(24(2)15-11-7-4-8-12-15)18(22-13)14-9-5-3-6-10-14/h3-12H,1-2H3,(H,23,25,26). The summed E-state index contributed by atoms with van der Waals surface area (Å²) in [6.45, 7) is 1.76. The number of hydrogen-bond acceptors (Lipinski definition) is 4. The first kappa shape index (κ1) is 16.0. The van der Waals surface area contributed by atoms with Gasteiger partial charge in [-0.3, -0.25) is 19.9 Å². The Hall–Kier alpha value is -3.47. The summed E-state index contributed by atoms with van der Waals surface area (Å²) in [6, 6.07) is 19.4. The Labute approximate surface area is 151 Å². The van der Waals surface area contributed by atoms with Gasteiger partial charge in [0.1, 0.15) is 0 Å². The molecule has 0 unspecified atom stereocenters. The number of aryl methyl sites for hydroxylation is 1. The number of benzene rings is 2. The minimum absolute atomic E-state index is 0.354. The van der Waals surface area contributed by atoms with Crippen molar-refractivity contribution in [1.29, 1.82) is 0 Å². The van der Waals surface area contributed by atoms with Crippen molar-refractivity contribution in [2.24, 2.45) is 0 Å². The molecule has 0 fully saturated rings. The van der Waals surface area contributed by atoms with Gasteiger partial charge in [-0.15, -0.1) is 0 Å². The molecular formula is C21H17N3O2. The minimum atomic E-state index is -0.391. The number of rotatable bonds is 3. The molecule has 1 N–H and O–H groups in total. The van der Waals surface area contributed by atoms with Gasteiger partial charge >= 0.3 is 0 Å². The van der Waals surface area contributed by atoms with E-state index in [-0.39, 0.29) is 5.91 Å². The third-order valence-corrected chi connectivity index (χ3v) is 4.56. The van der Waals surface area contributed by atoms with Crippen LogP contribution < -0.4 is 10.2 Å². The average molecular weight is 343 g/mol. The fraction of sp³-hybridized carbons (Fsp3) is 0.0952. The Kier molecular flexibility index (Phi) is 3.77. The number of pyridine rings is 1. The number of imide groups is 1. The van der Waals surface area contributed by atoms with E-state index in [2.05, 4.69) is 5.32 Å². The Morgan fingerprint density at radius 3 is 2.08 bits per heavy atom. The third kappa shape index (κ3) is 2.45. The molecule has 5 nitrogen and oxygen atoms in total. The highest BCUT2D eigenvalue weighted by atomic mass is 16.2. The van der Waals surface area contributed by atoms with E-state index < -0.39 is 5.91 Å². The Morgan fingerprint density at radius 2 is 1.42 bits per heavy atom. The number of nitrogens with one attached hydrogen (secondary N) is 1. The first-order valence-corrected chi connectivity index (χ1v) is 8.32. The summed E-state index contributed by atoms with van der Waals surface area (Å²) in [5.41, 5.74) is 4.39. The van der Waals surface area contributed by atoms with Crippen LogP contribution in [0.25, 0.3) is 11.3 Å². The van der Waals surface area contributed by atoms with Crippen LogP contribution in [0.4, 0.5) is 11.4 Å². The number of amides is 2. The SMILES string of the molecule is Cc1nc(-c2ccccc2)c(N(C)c2ccccc2)c2c1C(=O)NC2=O. The quantitative estimate of drug-likeness (QED) is 0.737. The van der Waals surface area contributed by atoms with Gasteiger partial charge in [0.25, 0.3) is 11.8 Å². The van der Waals surface area contributed by atoms with Crippen LogP contribution in [-0.4, -0.2) is 23.8 Å². The first-order valence-electron chi connectivity index (χ1n) is 8.32. The van der Waals surface area contributed by atoms with Crippen LogP contribution in [0.5, 0.6) is 0 Å². The Bertz CT molecular complexity index is 1010. The summed E-state index contributed by atoms with van der Waals surface area (Å²) >= 11 is 0. The maximum absolute atomic E-state index is 12.6. The second-order valence-corrected chi connectivity index (χ2v) is 6.19. The van der Waals surface area contributed by atoms with Crippen molar-refractivity contribution in [3.05, 3.63) is 77.5 Å². The summed E-state index contributed by atoms with van der Waals surface area (Å²) in [5, 5.41) is 2.40. The number of carbonyl (C=O) groups is 2. The van der Waals surface area contributed by atoms with Crippen LogP contribution in [0.2, 0.25) is 0 Å². The molecule has 4 rings (SSSR count). The lowest BCUT2D eigenvalue weighted by molar-refractivity contribution is 0.0879. The molecular weight excluding hydrogens is 326 g/mol. The van der Waals surface area contributed by atoms with Gasteiger partial charge in [0.05, 0.1) is 28.2 Å². The fourth-order valence-electron chi connectivity index (χ4n) is 3.33. The lowest BCUT2D eigenvalue weighted by Gasteiger charge is -2.25. The summed E-state index contributed by atoms with van der Waals surface area (Å²) in [5.74, 6) is -0.775. The third-order valence-electron chi connectivity index (χ3n) is 4.56. The van der Waals surface area contributed by atoms with E-state index in [4.69, 9.17) is 4.98 Å². The van der Waals surface area contributed by atoms with E-state index in [0.717, 1.165) is 11.3 Å². The largest absolute Gasteiger partial charge is 0.342 e. The maximum atomic E-state index is 12.6. The fourth-order valence-corrected chi connectivity index (χ4v) is 3.33. The highest BCUT2D eigenvalue weighted by Gasteiger charge is 2.35. The molecule has 1 aromatic heterocycles. The van der Waals surface area contributed by atoms with Crippen molar-refractivity contribution in [2.75, 3.05) is 11.9 Å². The highest BCUT2D eigenvalue weighted by Crippen LogP contribution is 2.39. The molecule has 0 spiro atoms. The zero-order valence-corrected chi connectivity index (χ0v) is 14.5. The van der Waals surface area contributed by atoms with Crippen molar-refractivity contribution >= 4 is 23.2 Å². The van der Waals surface area contributed by atoms with Crippen LogP contribution in [0, 0.1) is 6.92 Å². The van der Waals surface area contributed by atoms with Crippen molar-refractivity contribution in [2.45, 2.75) is 6.92 Å². The molecule has 2 aromatic carbocycles. The molecule has 2 amide bonds. The normalized spacial score (nSPS) is 12.7. The second-order valence-electron chi connectivity index (χ2n) is 6.19. The van der Waals surface area contributed by atoms with Crippen LogP contribution in [0.1, 0.15) is 26.4 Å². The molecule has 26 heavy (non-hydrogen) atoms. The van der Waals surface area contributed by atoms with Crippen molar-refractivity contribution in [3.8, 4) is 11.3 Å². The second kappa shape index (κ2) is 6.11. The maximum Gasteiger partial charge on any atom is 0.261 e. The summed E-state index contributed by atoms with van der Waals surface area (Å²) in [7, 11) is 1.88. The smallest absolute Gasteiger partial charge is 0.261 e. The van der Waals surface area contributed by atoms with E-state index in [1.165, 1.54) is 0 Å². The molecule has 0 atom stereocenters. The lowest BCUT2D eigenvalue weighted by atomic mass is 9.99. The number of carbonyl (C=O) groups excluding carboxylic acids is 2. The van der Waals surface area contributed by atoms with Crippen LogP contribution in [0.3, 0.4) is 0 Å². The zero-order valence-electron chi connectivity index (χ0n) is 14.5. The van der Waals surface area contributed by atoms with E-state index in [1.807, 2.05) is 72.6 Å². The molecule has 0 radical (unpaired) electrons. The van der Waals surface area contributed by atoms with Gasteiger partial charge in [-0.25, -0.2) is 0 Å². The van der Waals surface area contributed by atoms with E-state index >= 15 is 0 Å². The molecule has 5 heteroatoms. The molecule has 2 heterocycles. The average Bonchev–Trinajstić information content (AvgIpc) is 2.97. The molecule has 0 aliphatic carbocycles. The zero-order chi connectivity index (χ0) is 18.3. The van der Waals surface area contributed by atoms with Crippen LogP contribution in [-0.2, 0) is 0 Å². The molecule has 0 bridgehead atoms. The van der Waals surface area contributed by atoms with Crippen molar-refractivity contribution in [3.63, 3.8) is 0 Å². The van der Waals surface area contributed by atoms with Gasteiger partial charge in [0, 0.05) is 18.3 Å². The van der Waals surface area contributed by atoms with Crippen molar-refractivity contribution < 1.29 is 9.59 Å². The predicted molar refractivity (Wildman–Crippen MR) is 101 cm³/mol. The number of fused-ring (bicyclic) bond motifs is 1. The summed E-state index contributed by atoms with van der Waals surface area (Å²) in [6.07, 6.45) is 0. The van der Waals surface area contributed by atoms with E-state index in [0.29, 0.717) is 28.2 Å². The topological polar surface area (TPSA) is 62.3 Å². The molecule has 0 saturated carbocycles. The van der Waals surface area contributed by atoms with Crippen LogP contribution in [0.15, 0.2) is 60.7 Å². The van der Waals surface area contributed by atoms with E-state index in [9.17, 15) is 9.59 Å². The highest BCUT2D eigenvalue weighted by molar-refractivity contribution is 6.25. The minimum Gasteiger partial charge on any atom is -0.342 e. The summed E-state index contributed by atoms with van der Waals surface area (Å²) in [4.78, 5) is 31.4. The number of anilines is 2. The number of para-hydroxylation sites is 1. The number of nitrogens with zero attached hydrogens (tertiary/aromatic N) is 2. The van der Waals surface area contributed by atoms with E-state index in [1.54, 1.807) is 6.92 Å². The van der Waals surface area contributed by atoms with Gasteiger partial charge in [0.2, 0.25) is 0 Å². The molecule has 1 aliphatic heterocycles. The van der Waals surface area contributed by atoms with Gasteiger partial charge in [-0.05, 0) is 19.1 Å². The van der Waals surface area contributed by atoms with Gasteiger partial charge in [-0.2, -0.15) is 0 Å². The van der Waals surface area contributed by atoms with Crippen LogP contribution >= 0.6 is 0 Å². The molecule has 128 valence electrons. The number of aromatic nitrogens is 1. The van der Waals surface area contributed by atoms with Crippen molar-refractivity contribution in [1.82, 2.24) is 10.3 Å². The number of hydrogen-bond donors (Lipinski definition) is 1. The Morgan fingerprint density at radius 1 is 0.846 bits per heavy atom. The molecule has 0 saturated heterocycles. The predicted octanol–water partition coefficient (Wildman–Crippen LogP) is 3.71.